The van der Waals surface area contributed by atoms with Crippen molar-refractivity contribution in [2.24, 2.45) is 11.7 Å². The topological polar surface area (TPSA) is 29.3 Å². The minimum absolute atomic E-state index is 0.348. The highest BCUT2D eigenvalue weighted by Crippen LogP contribution is 2.45. The second kappa shape index (κ2) is 4.75. The summed E-state index contributed by atoms with van der Waals surface area (Å²) in [6.07, 6.45) is 8.58. The maximum atomic E-state index is 6.18. The predicted molar refractivity (Wildman–Crippen MR) is 75.4 cm³/mol. The lowest BCUT2D eigenvalue weighted by Crippen LogP contribution is -2.57. The number of thioether (sulfide) groups is 1. The molecule has 3 aliphatic rings. The van der Waals surface area contributed by atoms with Crippen molar-refractivity contribution in [2.45, 2.75) is 62.3 Å². The van der Waals surface area contributed by atoms with E-state index in [4.69, 9.17) is 5.73 Å². The average molecular weight is 254 g/mol. The molecule has 0 amide bonds. The Balaban J connectivity index is 1.78. The van der Waals surface area contributed by atoms with Crippen molar-refractivity contribution in [1.29, 1.82) is 0 Å². The molecule has 2 nitrogen and oxygen atoms in total. The van der Waals surface area contributed by atoms with Gasteiger partial charge in [0.05, 0.1) is 0 Å². The molecule has 2 N–H and O–H groups in total. The zero-order valence-electron chi connectivity index (χ0n) is 11.0. The first kappa shape index (κ1) is 12.3. The number of rotatable bonds is 2. The molecule has 4 atom stereocenters. The first-order valence-electron chi connectivity index (χ1n) is 7.33. The molecule has 0 aromatic rings. The lowest BCUT2D eigenvalue weighted by atomic mass is 9.83. The third kappa shape index (κ3) is 2.04. The van der Waals surface area contributed by atoms with Gasteiger partial charge >= 0.3 is 0 Å². The van der Waals surface area contributed by atoms with Gasteiger partial charge in [0, 0.05) is 29.1 Å². The van der Waals surface area contributed by atoms with Crippen LogP contribution in [-0.4, -0.2) is 40.6 Å². The Hall–Kier alpha value is 0.270. The van der Waals surface area contributed by atoms with Crippen LogP contribution in [-0.2, 0) is 0 Å². The van der Waals surface area contributed by atoms with E-state index in [1.54, 1.807) is 0 Å². The van der Waals surface area contributed by atoms with Gasteiger partial charge in [-0.3, -0.25) is 4.90 Å². The van der Waals surface area contributed by atoms with Crippen molar-refractivity contribution < 1.29 is 0 Å². The summed E-state index contributed by atoms with van der Waals surface area (Å²) in [4.78, 5) is 2.84. The van der Waals surface area contributed by atoms with Crippen LogP contribution < -0.4 is 5.73 Å². The Labute approximate surface area is 110 Å². The molecule has 1 aliphatic carbocycles. The van der Waals surface area contributed by atoms with Gasteiger partial charge in [0.15, 0.2) is 0 Å². The molecule has 0 bridgehead atoms. The molecule has 17 heavy (non-hydrogen) atoms. The summed E-state index contributed by atoms with van der Waals surface area (Å²) in [5.74, 6) is 2.27. The van der Waals surface area contributed by atoms with Crippen LogP contribution in [0.4, 0.5) is 0 Å². The second-order valence-electron chi connectivity index (χ2n) is 6.35. The molecule has 98 valence electrons. The molecule has 4 unspecified atom stereocenters. The Morgan fingerprint density at radius 1 is 1.29 bits per heavy atom. The van der Waals surface area contributed by atoms with E-state index >= 15 is 0 Å². The Morgan fingerprint density at radius 2 is 2.12 bits per heavy atom. The molecule has 2 heterocycles. The van der Waals surface area contributed by atoms with Crippen molar-refractivity contribution in [1.82, 2.24) is 4.90 Å². The first-order chi connectivity index (χ1) is 8.25. The lowest BCUT2D eigenvalue weighted by molar-refractivity contribution is 0.0696. The molecule has 0 radical (unpaired) electrons. The fraction of sp³-hybridized carbons (Fsp3) is 1.00. The van der Waals surface area contributed by atoms with Crippen LogP contribution in [0, 0.1) is 5.92 Å². The zero-order chi connectivity index (χ0) is 11.9. The van der Waals surface area contributed by atoms with Crippen LogP contribution in [0.1, 0.15) is 45.4 Å². The monoisotopic (exact) mass is 254 g/mol. The van der Waals surface area contributed by atoms with E-state index in [2.05, 4.69) is 23.6 Å². The predicted octanol–water partition coefficient (Wildman–Crippen LogP) is 2.47. The fourth-order valence-corrected chi connectivity index (χ4v) is 5.83. The van der Waals surface area contributed by atoms with E-state index in [0.29, 0.717) is 5.54 Å². The van der Waals surface area contributed by atoms with Gasteiger partial charge in [0.2, 0.25) is 0 Å². The molecule has 3 fully saturated rings. The quantitative estimate of drug-likeness (QED) is 0.821. The second-order valence-corrected chi connectivity index (χ2v) is 7.77. The maximum Gasteiger partial charge on any atom is 0.0435 e. The highest BCUT2D eigenvalue weighted by Gasteiger charge is 2.49. The molecule has 1 saturated carbocycles. The normalized spacial score (nSPS) is 47.3. The Morgan fingerprint density at radius 3 is 2.82 bits per heavy atom. The van der Waals surface area contributed by atoms with Gasteiger partial charge in [-0.2, -0.15) is 11.8 Å². The molecule has 0 aromatic carbocycles. The largest absolute Gasteiger partial charge is 0.329 e. The van der Waals surface area contributed by atoms with Crippen molar-refractivity contribution in [3.8, 4) is 0 Å². The van der Waals surface area contributed by atoms with Gasteiger partial charge in [0.25, 0.3) is 0 Å². The Kier molecular flexibility index (Phi) is 3.44. The summed E-state index contributed by atoms with van der Waals surface area (Å²) in [5.41, 5.74) is 6.53. The number of hydrogen-bond donors (Lipinski definition) is 1. The molecule has 0 spiro atoms. The average Bonchev–Trinajstić information content (AvgIpc) is 2.93. The number of nitrogens with zero attached hydrogens (tertiary/aromatic N) is 1. The summed E-state index contributed by atoms with van der Waals surface area (Å²) < 4.78 is 0. The lowest BCUT2D eigenvalue weighted by Gasteiger charge is -2.44. The first-order valence-corrected chi connectivity index (χ1v) is 8.38. The van der Waals surface area contributed by atoms with Gasteiger partial charge in [-0.05, 0) is 38.1 Å². The van der Waals surface area contributed by atoms with Crippen molar-refractivity contribution >= 4 is 11.8 Å². The van der Waals surface area contributed by atoms with E-state index in [0.717, 1.165) is 23.8 Å². The summed E-state index contributed by atoms with van der Waals surface area (Å²) >= 11 is 2.13. The molecule has 2 aliphatic heterocycles. The number of nitrogens with two attached hydrogens (primary N) is 1. The van der Waals surface area contributed by atoms with Gasteiger partial charge in [-0.15, -0.1) is 0 Å². The molecule has 3 rings (SSSR count). The van der Waals surface area contributed by atoms with Crippen LogP contribution in [0.15, 0.2) is 0 Å². The van der Waals surface area contributed by atoms with Crippen LogP contribution in [0.2, 0.25) is 0 Å². The SMILES string of the molecule is CC1CC(CN)(N2CCC3CCCCC32)CS1. The molecule has 0 aromatic heterocycles. The van der Waals surface area contributed by atoms with Crippen molar-refractivity contribution in [2.75, 3.05) is 18.8 Å². The van der Waals surface area contributed by atoms with Gasteiger partial charge in [-0.1, -0.05) is 19.8 Å². The van der Waals surface area contributed by atoms with Gasteiger partial charge < -0.3 is 5.73 Å². The number of hydrogen-bond acceptors (Lipinski definition) is 3. The summed E-state index contributed by atoms with van der Waals surface area (Å²) in [5, 5.41) is 0.807. The Bertz CT molecular complexity index is 283. The number of fused-ring (bicyclic) bond motifs is 1. The van der Waals surface area contributed by atoms with E-state index in [1.807, 2.05) is 0 Å². The third-order valence-corrected chi connectivity index (χ3v) is 6.74. The standard InChI is InChI=1S/C14H26N2S/c1-11-8-14(9-15,10-17-11)16-7-6-12-4-2-3-5-13(12)16/h11-13H,2-10,15H2,1H3. The smallest absolute Gasteiger partial charge is 0.0435 e. The molecule has 3 heteroatoms. The fourth-order valence-electron chi connectivity index (χ4n) is 4.40. The minimum Gasteiger partial charge on any atom is -0.329 e. The van der Waals surface area contributed by atoms with Crippen LogP contribution in [0.5, 0.6) is 0 Å². The molecular formula is C14H26N2S. The van der Waals surface area contributed by atoms with Crippen LogP contribution in [0.3, 0.4) is 0 Å². The van der Waals surface area contributed by atoms with E-state index in [-0.39, 0.29) is 0 Å². The summed E-state index contributed by atoms with van der Waals surface area (Å²) in [7, 11) is 0. The number of likely N-dealkylation sites (tertiary alicyclic amines) is 1. The molecule has 2 saturated heterocycles. The van der Waals surface area contributed by atoms with Crippen LogP contribution in [0.25, 0.3) is 0 Å². The summed E-state index contributed by atoms with van der Waals surface area (Å²) in [6.45, 7) is 4.56. The highest BCUT2D eigenvalue weighted by atomic mass is 32.2. The van der Waals surface area contributed by atoms with Crippen LogP contribution >= 0.6 is 11.8 Å². The minimum atomic E-state index is 0.348. The third-order valence-electron chi connectivity index (χ3n) is 5.30. The van der Waals surface area contributed by atoms with E-state index < -0.39 is 0 Å². The van der Waals surface area contributed by atoms with Crippen molar-refractivity contribution in [3.05, 3.63) is 0 Å². The van der Waals surface area contributed by atoms with Gasteiger partial charge in [-0.25, -0.2) is 0 Å². The van der Waals surface area contributed by atoms with Crippen molar-refractivity contribution in [3.63, 3.8) is 0 Å². The maximum absolute atomic E-state index is 6.18. The highest BCUT2D eigenvalue weighted by molar-refractivity contribution is 8.00. The van der Waals surface area contributed by atoms with Gasteiger partial charge in [0.1, 0.15) is 0 Å². The van der Waals surface area contributed by atoms with E-state index in [1.165, 1.54) is 50.8 Å². The van der Waals surface area contributed by atoms with E-state index in [9.17, 15) is 0 Å². The zero-order valence-corrected chi connectivity index (χ0v) is 11.8. The summed E-state index contributed by atoms with van der Waals surface area (Å²) in [6, 6.07) is 0.873. The molecular weight excluding hydrogens is 228 g/mol.